The van der Waals surface area contributed by atoms with E-state index in [0.29, 0.717) is 12.2 Å². The van der Waals surface area contributed by atoms with Gasteiger partial charge in [-0.3, -0.25) is 9.48 Å². The molecule has 0 aliphatic heterocycles. The quantitative estimate of drug-likeness (QED) is 0.664. The summed E-state index contributed by atoms with van der Waals surface area (Å²) in [4.78, 5) is 14.9. The number of hydrogen-bond donors (Lipinski definition) is 1. The Bertz CT molecular complexity index is 956. The minimum absolute atomic E-state index is 0.102. The monoisotopic (exact) mass is 390 g/mol. The van der Waals surface area contributed by atoms with E-state index in [2.05, 4.69) is 77.7 Å². The van der Waals surface area contributed by atoms with Gasteiger partial charge in [0.1, 0.15) is 0 Å². The Labute approximate surface area is 173 Å². The number of rotatable bonds is 7. The standard InChI is InChI=1S/C24H30N4O/c1-6-18-9-13-20(14-10-18)23(27(3)4)16-25-24(29)21-15-22(28(5)26-21)19-11-7-17(2)8-12-19/h7-15,23H,6,16H2,1-5H3,(H,25,29). The van der Waals surface area contributed by atoms with E-state index in [1.54, 1.807) is 4.68 Å². The lowest BCUT2D eigenvalue weighted by Gasteiger charge is -2.25. The number of aromatic nitrogens is 2. The van der Waals surface area contributed by atoms with Crippen LogP contribution in [-0.4, -0.2) is 41.2 Å². The molecule has 152 valence electrons. The smallest absolute Gasteiger partial charge is 0.271 e. The first-order valence-electron chi connectivity index (χ1n) is 10.0. The Hall–Kier alpha value is -2.92. The number of amides is 1. The minimum atomic E-state index is -0.156. The van der Waals surface area contributed by atoms with Gasteiger partial charge in [-0.1, -0.05) is 61.0 Å². The van der Waals surface area contributed by atoms with Crippen LogP contribution in [0.4, 0.5) is 0 Å². The van der Waals surface area contributed by atoms with Crippen LogP contribution in [0.2, 0.25) is 0 Å². The van der Waals surface area contributed by atoms with Crippen LogP contribution in [0.5, 0.6) is 0 Å². The fourth-order valence-corrected chi connectivity index (χ4v) is 3.43. The van der Waals surface area contributed by atoms with Crippen LogP contribution in [0, 0.1) is 6.92 Å². The van der Waals surface area contributed by atoms with Crippen molar-refractivity contribution in [3.63, 3.8) is 0 Å². The molecule has 5 nitrogen and oxygen atoms in total. The number of nitrogens with zero attached hydrogens (tertiary/aromatic N) is 3. The number of hydrogen-bond acceptors (Lipinski definition) is 3. The first-order valence-corrected chi connectivity index (χ1v) is 10.0. The van der Waals surface area contributed by atoms with E-state index in [9.17, 15) is 4.79 Å². The fourth-order valence-electron chi connectivity index (χ4n) is 3.43. The Morgan fingerprint density at radius 3 is 2.34 bits per heavy atom. The molecule has 0 fully saturated rings. The topological polar surface area (TPSA) is 50.2 Å². The highest BCUT2D eigenvalue weighted by Gasteiger charge is 2.18. The zero-order chi connectivity index (χ0) is 21.0. The summed E-state index contributed by atoms with van der Waals surface area (Å²) in [6, 6.07) is 18.8. The van der Waals surface area contributed by atoms with Crippen LogP contribution in [-0.2, 0) is 13.5 Å². The average molecular weight is 391 g/mol. The summed E-state index contributed by atoms with van der Waals surface area (Å²) in [5.74, 6) is -0.156. The number of benzene rings is 2. The van der Waals surface area contributed by atoms with Crippen LogP contribution < -0.4 is 5.32 Å². The van der Waals surface area contributed by atoms with E-state index < -0.39 is 0 Å². The molecule has 0 spiro atoms. The third kappa shape index (κ3) is 4.93. The van der Waals surface area contributed by atoms with E-state index >= 15 is 0 Å². The van der Waals surface area contributed by atoms with Crippen molar-refractivity contribution in [1.82, 2.24) is 20.0 Å². The predicted molar refractivity (Wildman–Crippen MR) is 118 cm³/mol. The van der Waals surface area contributed by atoms with Crippen LogP contribution in [0.25, 0.3) is 11.3 Å². The molecule has 29 heavy (non-hydrogen) atoms. The molecule has 0 bridgehead atoms. The second-order valence-corrected chi connectivity index (χ2v) is 7.69. The van der Waals surface area contributed by atoms with Gasteiger partial charge in [0.15, 0.2) is 5.69 Å². The Morgan fingerprint density at radius 1 is 1.10 bits per heavy atom. The number of carbonyl (C=O) groups is 1. The number of aryl methyl sites for hydroxylation is 3. The molecule has 1 amide bonds. The molecule has 1 N–H and O–H groups in total. The normalized spacial score (nSPS) is 12.2. The maximum Gasteiger partial charge on any atom is 0.271 e. The second kappa shape index (κ2) is 9.05. The number of nitrogens with one attached hydrogen (secondary N) is 1. The zero-order valence-electron chi connectivity index (χ0n) is 17.9. The summed E-state index contributed by atoms with van der Waals surface area (Å²) in [7, 11) is 5.92. The second-order valence-electron chi connectivity index (χ2n) is 7.69. The number of carbonyl (C=O) groups excluding carboxylic acids is 1. The van der Waals surface area contributed by atoms with Gasteiger partial charge in [-0.2, -0.15) is 5.10 Å². The van der Waals surface area contributed by atoms with Gasteiger partial charge in [-0.25, -0.2) is 0 Å². The highest BCUT2D eigenvalue weighted by Crippen LogP contribution is 2.21. The van der Waals surface area contributed by atoms with Crippen molar-refractivity contribution in [2.45, 2.75) is 26.3 Å². The van der Waals surface area contributed by atoms with Crippen molar-refractivity contribution in [3.8, 4) is 11.3 Å². The number of likely N-dealkylation sites (N-methyl/N-ethyl adjacent to an activating group) is 1. The molecule has 1 atom stereocenters. The molecular formula is C24H30N4O. The van der Waals surface area contributed by atoms with E-state index in [-0.39, 0.29) is 11.9 Å². The van der Waals surface area contributed by atoms with Crippen molar-refractivity contribution < 1.29 is 4.79 Å². The molecule has 0 aliphatic rings. The Balaban J connectivity index is 1.72. The molecule has 5 heteroatoms. The molecule has 0 aliphatic carbocycles. The molecule has 0 saturated carbocycles. The minimum Gasteiger partial charge on any atom is -0.349 e. The van der Waals surface area contributed by atoms with Gasteiger partial charge in [-0.15, -0.1) is 0 Å². The van der Waals surface area contributed by atoms with Gasteiger partial charge in [0, 0.05) is 13.6 Å². The Kier molecular flexibility index (Phi) is 6.49. The summed E-state index contributed by atoms with van der Waals surface area (Å²) in [6.45, 7) is 4.73. The molecule has 2 aromatic carbocycles. The predicted octanol–water partition coefficient (Wildman–Crippen LogP) is 3.99. The molecule has 1 aromatic heterocycles. The summed E-state index contributed by atoms with van der Waals surface area (Å²) in [6.07, 6.45) is 1.02. The molecule has 1 heterocycles. The molecule has 0 radical (unpaired) electrons. The van der Waals surface area contributed by atoms with Gasteiger partial charge >= 0.3 is 0 Å². The Morgan fingerprint density at radius 2 is 1.76 bits per heavy atom. The average Bonchev–Trinajstić information content (AvgIpc) is 3.10. The van der Waals surface area contributed by atoms with Crippen LogP contribution >= 0.6 is 0 Å². The SMILES string of the molecule is CCc1ccc(C(CNC(=O)c2cc(-c3ccc(C)cc3)n(C)n2)N(C)C)cc1. The maximum atomic E-state index is 12.7. The van der Waals surface area contributed by atoms with E-state index in [1.165, 1.54) is 16.7 Å². The van der Waals surface area contributed by atoms with Crippen molar-refractivity contribution in [1.29, 1.82) is 0 Å². The highest BCUT2D eigenvalue weighted by molar-refractivity contribution is 5.93. The van der Waals surface area contributed by atoms with Gasteiger partial charge < -0.3 is 10.2 Å². The van der Waals surface area contributed by atoms with Gasteiger partial charge in [-0.05, 0) is 50.2 Å². The molecular weight excluding hydrogens is 360 g/mol. The fraction of sp³-hybridized carbons (Fsp3) is 0.333. The molecule has 3 rings (SSSR count). The molecule has 0 saturated heterocycles. The molecule has 3 aromatic rings. The van der Waals surface area contributed by atoms with Crippen molar-refractivity contribution >= 4 is 5.91 Å². The first-order chi connectivity index (χ1) is 13.9. The highest BCUT2D eigenvalue weighted by atomic mass is 16.1. The van der Waals surface area contributed by atoms with Crippen molar-refractivity contribution in [3.05, 3.63) is 77.0 Å². The molecule has 1 unspecified atom stereocenters. The summed E-state index contributed by atoms with van der Waals surface area (Å²) < 4.78 is 1.76. The first kappa shape index (κ1) is 20.8. The van der Waals surface area contributed by atoms with Crippen LogP contribution in [0.1, 0.15) is 40.1 Å². The summed E-state index contributed by atoms with van der Waals surface area (Å²) in [5.41, 5.74) is 6.11. The van der Waals surface area contributed by atoms with Crippen molar-refractivity contribution in [2.24, 2.45) is 7.05 Å². The summed E-state index contributed by atoms with van der Waals surface area (Å²) >= 11 is 0. The van der Waals surface area contributed by atoms with E-state index in [1.807, 2.05) is 27.2 Å². The third-order valence-electron chi connectivity index (χ3n) is 5.31. The zero-order valence-corrected chi connectivity index (χ0v) is 17.9. The maximum absolute atomic E-state index is 12.7. The van der Waals surface area contributed by atoms with Gasteiger partial charge in [0.2, 0.25) is 0 Å². The largest absolute Gasteiger partial charge is 0.349 e. The van der Waals surface area contributed by atoms with Gasteiger partial charge in [0.25, 0.3) is 5.91 Å². The van der Waals surface area contributed by atoms with Crippen LogP contribution in [0.3, 0.4) is 0 Å². The summed E-state index contributed by atoms with van der Waals surface area (Å²) in [5, 5.41) is 7.47. The van der Waals surface area contributed by atoms with Gasteiger partial charge in [0.05, 0.1) is 11.7 Å². The lowest BCUT2D eigenvalue weighted by molar-refractivity contribution is 0.0936. The van der Waals surface area contributed by atoms with Crippen molar-refractivity contribution in [2.75, 3.05) is 20.6 Å². The third-order valence-corrected chi connectivity index (χ3v) is 5.31. The lowest BCUT2D eigenvalue weighted by Crippen LogP contribution is -2.34. The van der Waals surface area contributed by atoms with E-state index in [0.717, 1.165) is 17.7 Å². The van der Waals surface area contributed by atoms with Crippen LogP contribution in [0.15, 0.2) is 54.6 Å². The van der Waals surface area contributed by atoms with E-state index in [4.69, 9.17) is 0 Å². The lowest BCUT2D eigenvalue weighted by atomic mass is 10.0.